The Morgan fingerprint density at radius 3 is 2.39 bits per heavy atom. The van der Waals surface area contributed by atoms with Crippen LogP contribution in [0.25, 0.3) is 9.93 Å². The summed E-state index contributed by atoms with van der Waals surface area (Å²) in [6.45, 7) is 2.40. The average molecular weight is 484 g/mol. The second-order valence-electron chi connectivity index (χ2n) is 6.89. The van der Waals surface area contributed by atoms with Crippen LogP contribution in [0.1, 0.15) is 6.92 Å². The van der Waals surface area contributed by atoms with E-state index in [0.29, 0.717) is 25.0 Å². The van der Waals surface area contributed by atoms with Crippen LogP contribution in [0.2, 0.25) is 0 Å². The number of rotatable bonds is 2. The maximum Gasteiger partial charge on any atom is 0.273 e. The highest BCUT2D eigenvalue weighted by Gasteiger charge is 2.35. The van der Waals surface area contributed by atoms with Crippen molar-refractivity contribution in [2.45, 2.75) is 18.4 Å². The van der Waals surface area contributed by atoms with E-state index in [0.717, 1.165) is 21.3 Å². The zero-order valence-electron chi connectivity index (χ0n) is 16.7. The van der Waals surface area contributed by atoms with Crippen LogP contribution in [0.5, 0.6) is 0 Å². The van der Waals surface area contributed by atoms with Crippen molar-refractivity contribution in [2.75, 3.05) is 16.8 Å². The fourth-order valence-corrected chi connectivity index (χ4v) is 7.56. The monoisotopic (exact) mass is 483 g/mol. The molecule has 1 saturated heterocycles. The number of para-hydroxylation sites is 2. The van der Waals surface area contributed by atoms with E-state index in [1.807, 2.05) is 67.4 Å². The molecular formula is C22H17N3O2S4. The Morgan fingerprint density at radius 2 is 1.68 bits per heavy atom. The number of benzene rings is 2. The largest absolute Gasteiger partial charge is 0.337 e. The van der Waals surface area contributed by atoms with Crippen LogP contribution in [-0.2, 0) is 11.3 Å². The van der Waals surface area contributed by atoms with Crippen molar-refractivity contribution < 1.29 is 4.79 Å². The third kappa shape index (κ3) is 3.27. The lowest BCUT2D eigenvalue weighted by atomic mass is 10.3. The van der Waals surface area contributed by atoms with E-state index in [1.54, 1.807) is 21.2 Å². The summed E-state index contributed by atoms with van der Waals surface area (Å²) in [5.74, 6) is -0.183. The smallest absolute Gasteiger partial charge is 0.273 e. The minimum absolute atomic E-state index is 0.0744. The molecule has 0 N–H and O–H groups in total. The Labute approximate surface area is 196 Å². The lowest BCUT2D eigenvalue weighted by molar-refractivity contribution is -0.112. The van der Waals surface area contributed by atoms with Crippen molar-refractivity contribution in [1.82, 2.24) is 4.57 Å². The van der Waals surface area contributed by atoms with Gasteiger partial charge >= 0.3 is 0 Å². The number of thioether (sulfide) groups is 2. The van der Waals surface area contributed by atoms with Crippen molar-refractivity contribution in [3.05, 3.63) is 74.1 Å². The molecule has 5 rings (SSSR count). The summed E-state index contributed by atoms with van der Waals surface area (Å²) in [7, 11) is 1.97. The van der Waals surface area contributed by atoms with Gasteiger partial charge in [-0.3, -0.25) is 19.1 Å². The summed E-state index contributed by atoms with van der Waals surface area (Å²) in [6.07, 6.45) is 0. The Morgan fingerprint density at radius 1 is 0.968 bits per heavy atom. The average Bonchev–Trinajstić information content (AvgIpc) is 3.39. The minimum Gasteiger partial charge on any atom is -0.337 e. The lowest BCUT2D eigenvalue weighted by Gasteiger charge is -2.13. The molecule has 0 radical (unpaired) electrons. The summed E-state index contributed by atoms with van der Waals surface area (Å²) in [5.41, 5.74) is 1.74. The second-order valence-corrected chi connectivity index (χ2v) is 10.6. The summed E-state index contributed by atoms with van der Waals surface area (Å²) < 4.78 is 3.46. The highest BCUT2D eigenvalue weighted by molar-refractivity contribution is 8.31. The van der Waals surface area contributed by atoms with Crippen molar-refractivity contribution in [3.8, 4) is 0 Å². The number of anilines is 2. The van der Waals surface area contributed by atoms with E-state index >= 15 is 0 Å². The second kappa shape index (κ2) is 7.98. The first-order chi connectivity index (χ1) is 15.0. The molecule has 0 saturated carbocycles. The van der Waals surface area contributed by atoms with E-state index in [-0.39, 0.29) is 11.5 Å². The van der Waals surface area contributed by atoms with Crippen molar-refractivity contribution in [3.63, 3.8) is 0 Å². The molecule has 5 nitrogen and oxygen atoms in total. The number of hydrogen-bond acceptors (Lipinski definition) is 7. The van der Waals surface area contributed by atoms with Crippen LogP contribution < -0.4 is 24.6 Å². The summed E-state index contributed by atoms with van der Waals surface area (Å²) in [5, 5.41) is 0.892. The summed E-state index contributed by atoms with van der Waals surface area (Å²) in [6, 6.07) is 17.5. The van der Waals surface area contributed by atoms with Crippen LogP contribution >= 0.6 is 47.1 Å². The molecule has 1 fully saturated rings. The molecule has 2 aromatic carbocycles. The predicted molar refractivity (Wildman–Crippen MR) is 135 cm³/mol. The quantitative estimate of drug-likeness (QED) is 0.521. The molecule has 0 atom stereocenters. The molecule has 0 aliphatic carbocycles. The molecule has 2 aliphatic rings. The van der Waals surface area contributed by atoms with Crippen LogP contribution in [-0.4, -0.2) is 21.8 Å². The van der Waals surface area contributed by atoms with Gasteiger partial charge in [0.05, 0.1) is 11.4 Å². The molecule has 1 aromatic heterocycles. The van der Waals surface area contributed by atoms with Crippen LogP contribution in [0, 0.1) is 0 Å². The number of fused-ring (bicyclic) bond motifs is 1. The molecule has 0 bridgehead atoms. The van der Waals surface area contributed by atoms with Gasteiger partial charge in [-0.05, 0) is 31.2 Å². The maximum atomic E-state index is 13.3. The Balaban J connectivity index is 1.71. The molecule has 3 aromatic rings. The third-order valence-corrected chi connectivity index (χ3v) is 9.16. The first-order valence-electron chi connectivity index (χ1n) is 9.61. The van der Waals surface area contributed by atoms with Crippen LogP contribution in [0.3, 0.4) is 0 Å². The molecule has 2 aliphatic heterocycles. The van der Waals surface area contributed by atoms with Gasteiger partial charge in [0.1, 0.15) is 19.1 Å². The molecule has 0 spiro atoms. The number of amides is 1. The fraction of sp³-hybridized carbons (Fsp3) is 0.136. The van der Waals surface area contributed by atoms with Gasteiger partial charge in [-0.25, -0.2) is 0 Å². The lowest BCUT2D eigenvalue weighted by Crippen LogP contribution is -2.34. The van der Waals surface area contributed by atoms with E-state index in [2.05, 4.69) is 6.07 Å². The van der Waals surface area contributed by atoms with Gasteiger partial charge in [0.15, 0.2) is 4.32 Å². The first-order valence-corrected chi connectivity index (χ1v) is 12.5. The third-order valence-electron chi connectivity index (χ3n) is 5.11. The zero-order valence-corrected chi connectivity index (χ0v) is 20.0. The van der Waals surface area contributed by atoms with E-state index < -0.39 is 0 Å². The maximum absolute atomic E-state index is 13.3. The van der Waals surface area contributed by atoms with Gasteiger partial charge in [0.25, 0.3) is 11.5 Å². The zero-order chi connectivity index (χ0) is 21.7. The molecule has 9 heteroatoms. The van der Waals surface area contributed by atoms with Gasteiger partial charge in [-0.1, -0.05) is 66.1 Å². The van der Waals surface area contributed by atoms with Gasteiger partial charge in [-0.2, -0.15) is 0 Å². The van der Waals surface area contributed by atoms with E-state index in [1.165, 1.54) is 23.1 Å². The fourth-order valence-electron chi connectivity index (χ4n) is 3.60. The molecule has 31 heavy (non-hydrogen) atoms. The SMILES string of the molecule is CCn1c(=O)/c(=C2/Sc3ccccc3N2C)s/c1=C1\SC(=S)N(c2ccccc2)C1=O. The standard InChI is InChI=1S/C22H17N3O2S4/c1-3-24-18(26)16(20-23(2)14-11-7-8-12-15(14)29-20)30-21(24)17-19(27)25(22(28)31-17)13-9-5-4-6-10-13/h4-12H,3H2,1-2H3/b20-16-,21-17-. The Kier molecular flexibility index (Phi) is 5.29. The number of thiazole rings is 1. The van der Waals surface area contributed by atoms with Gasteiger partial charge in [0, 0.05) is 18.5 Å². The van der Waals surface area contributed by atoms with Crippen LogP contribution in [0.15, 0.2) is 64.3 Å². The van der Waals surface area contributed by atoms with Crippen LogP contribution in [0.4, 0.5) is 11.4 Å². The van der Waals surface area contributed by atoms with Gasteiger partial charge in [-0.15, -0.1) is 11.3 Å². The number of thiocarbonyl (C=S) groups is 1. The topological polar surface area (TPSA) is 45.6 Å². The molecule has 3 heterocycles. The number of nitrogens with zero attached hydrogens (tertiary/aromatic N) is 3. The molecule has 0 unspecified atom stereocenters. The van der Waals surface area contributed by atoms with E-state index in [9.17, 15) is 9.59 Å². The molecule has 156 valence electrons. The van der Waals surface area contributed by atoms with Crippen molar-refractivity contribution in [1.29, 1.82) is 0 Å². The summed E-state index contributed by atoms with van der Waals surface area (Å²) in [4.78, 5) is 31.9. The molecule has 1 amide bonds. The van der Waals surface area contributed by atoms with E-state index in [4.69, 9.17) is 12.2 Å². The van der Waals surface area contributed by atoms with Gasteiger partial charge in [0.2, 0.25) is 0 Å². The Hall–Kier alpha value is -2.33. The van der Waals surface area contributed by atoms with Crippen molar-refractivity contribution in [2.24, 2.45) is 0 Å². The number of aromatic nitrogens is 1. The highest BCUT2D eigenvalue weighted by Crippen LogP contribution is 2.45. The minimum atomic E-state index is -0.183. The van der Waals surface area contributed by atoms with Crippen molar-refractivity contribution >= 4 is 78.6 Å². The normalized spacial score (nSPS) is 19.4. The van der Waals surface area contributed by atoms with Gasteiger partial charge < -0.3 is 4.90 Å². The Bertz CT molecular complexity index is 1410. The highest BCUT2D eigenvalue weighted by atomic mass is 32.2. The predicted octanol–water partition coefficient (Wildman–Crippen LogP) is 3.41. The number of carbonyl (C=O) groups excluding carboxylic acids is 1. The molecular weight excluding hydrogens is 467 g/mol. The first kappa shape index (κ1) is 20.6. The number of hydrogen-bond donors (Lipinski definition) is 0. The summed E-state index contributed by atoms with van der Waals surface area (Å²) >= 11 is 9.73. The number of carbonyl (C=O) groups is 1.